The Hall–Kier alpha value is -0.970. The first-order valence-corrected chi connectivity index (χ1v) is 7.73. The molecular formula is C16H26ClNO3. The molecule has 1 rings (SSSR count). The molecule has 0 aromatic heterocycles. The highest BCUT2D eigenvalue weighted by Crippen LogP contribution is 2.36. The van der Waals surface area contributed by atoms with E-state index in [0.29, 0.717) is 42.2 Å². The molecule has 0 amide bonds. The number of hydrogen-bond donors (Lipinski definition) is 1. The molecular weight excluding hydrogens is 290 g/mol. The largest absolute Gasteiger partial charge is 0.493 e. The molecule has 21 heavy (non-hydrogen) atoms. The van der Waals surface area contributed by atoms with Crippen LogP contribution < -0.4 is 15.2 Å². The zero-order chi connectivity index (χ0) is 15.7. The van der Waals surface area contributed by atoms with E-state index >= 15 is 0 Å². The lowest BCUT2D eigenvalue weighted by molar-refractivity contribution is 0.0916. The van der Waals surface area contributed by atoms with Gasteiger partial charge in [-0.1, -0.05) is 25.4 Å². The number of hydrogen-bond acceptors (Lipinski definition) is 4. The van der Waals surface area contributed by atoms with Crippen LogP contribution in [0.1, 0.15) is 25.8 Å². The summed E-state index contributed by atoms with van der Waals surface area (Å²) in [5, 5.41) is 0.542. The molecule has 0 saturated heterocycles. The van der Waals surface area contributed by atoms with E-state index in [9.17, 15) is 0 Å². The monoisotopic (exact) mass is 315 g/mol. The van der Waals surface area contributed by atoms with Crippen molar-refractivity contribution in [2.24, 2.45) is 11.7 Å². The van der Waals surface area contributed by atoms with Gasteiger partial charge >= 0.3 is 0 Å². The third-order valence-electron chi connectivity index (χ3n) is 3.04. The summed E-state index contributed by atoms with van der Waals surface area (Å²) in [6.07, 6.45) is 1.81. The standard InChI is InChI=1S/C16H26ClNO3/c1-12(2)5-7-20-8-9-21-16-14(17)10-13(4-6-18)11-15(16)19-3/h10-12H,4-9,18H2,1-3H3. The summed E-state index contributed by atoms with van der Waals surface area (Å²) in [5.41, 5.74) is 6.60. The maximum atomic E-state index is 6.24. The van der Waals surface area contributed by atoms with Crippen LogP contribution in [0.5, 0.6) is 11.5 Å². The minimum absolute atomic E-state index is 0.449. The van der Waals surface area contributed by atoms with Crippen molar-refractivity contribution in [3.63, 3.8) is 0 Å². The molecule has 5 heteroatoms. The van der Waals surface area contributed by atoms with Crippen LogP contribution in [-0.2, 0) is 11.2 Å². The first-order valence-electron chi connectivity index (χ1n) is 7.35. The summed E-state index contributed by atoms with van der Waals surface area (Å²) in [6.45, 7) is 6.66. The van der Waals surface area contributed by atoms with E-state index < -0.39 is 0 Å². The SMILES string of the molecule is COc1cc(CCN)cc(Cl)c1OCCOCCC(C)C. The van der Waals surface area contributed by atoms with Crippen molar-refractivity contribution in [2.45, 2.75) is 26.7 Å². The van der Waals surface area contributed by atoms with Crippen molar-refractivity contribution in [2.75, 3.05) is 33.5 Å². The third kappa shape index (κ3) is 6.55. The molecule has 0 fully saturated rings. The second kappa shape index (κ2) is 9.87. The fraction of sp³-hybridized carbons (Fsp3) is 0.625. The molecule has 2 N–H and O–H groups in total. The van der Waals surface area contributed by atoms with E-state index in [-0.39, 0.29) is 0 Å². The minimum Gasteiger partial charge on any atom is -0.493 e. The van der Waals surface area contributed by atoms with E-state index in [4.69, 9.17) is 31.5 Å². The summed E-state index contributed by atoms with van der Waals surface area (Å²) in [4.78, 5) is 0. The Morgan fingerprint density at radius 1 is 1.19 bits per heavy atom. The molecule has 0 aliphatic heterocycles. The van der Waals surface area contributed by atoms with Crippen LogP contribution in [0, 0.1) is 5.92 Å². The van der Waals surface area contributed by atoms with Crippen molar-refractivity contribution < 1.29 is 14.2 Å². The third-order valence-corrected chi connectivity index (χ3v) is 3.32. The van der Waals surface area contributed by atoms with Gasteiger partial charge in [0.05, 0.1) is 18.7 Å². The van der Waals surface area contributed by atoms with Gasteiger partial charge in [0, 0.05) is 6.61 Å². The maximum Gasteiger partial charge on any atom is 0.179 e. The molecule has 1 aromatic carbocycles. The van der Waals surface area contributed by atoms with Crippen molar-refractivity contribution in [1.29, 1.82) is 0 Å². The lowest BCUT2D eigenvalue weighted by Crippen LogP contribution is -2.10. The number of nitrogens with two attached hydrogens (primary N) is 1. The molecule has 0 unspecified atom stereocenters. The van der Waals surface area contributed by atoms with Gasteiger partial charge in [0.15, 0.2) is 11.5 Å². The zero-order valence-electron chi connectivity index (χ0n) is 13.2. The van der Waals surface area contributed by atoms with Crippen molar-refractivity contribution in [3.8, 4) is 11.5 Å². The van der Waals surface area contributed by atoms with Gasteiger partial charge in [-0.3, -0.25) is 0 Å². The number of benzene rings is 1. The molecule has 0 bridgehead atoms. The number of methoxy groups -OCH3 is 1. The molecule has 0 heterocycles. The highest BCUT2D eigenvalue weighted by Gasteiger charge is 2.11. The van der Waals surface area contributed by atoms with Crippen LogP contribution in [-0.4, -0.2) is 33.5 Å². The molecule has 0 aliphatic rings. The average molecular weight is 316 g/mol. The second-order valence-electron chi connectivity index (χ2n) is 5.29. The molecule has 0 radical (unpaired) electrons. The van der Waals surface area contributed by atoms with Crippen molar-refractivity contribution >= 4 is 11.6 Å². The van der Waals surface area contributed by atoms with E-state index in [1.807, 2.05) is 12.1 Å². The van der Waals surface area contributed by atoms with Gasteiger partial charge in [0.1, 0.15) is 6.61 Å². The van der Waals surface area contributed by atoms with Gasteiger partial charge in [-0.2, -0.15) is 0 Å². The zero-order valence-corrected chi connectivity index (χ0v) is 13.9. The van der Waals surface area contributed by atoms with Gasteiger partial charge in [0.25, 0.3) is 0 Å². The highest BCUT2D eigenvalue weighted by molar-refractivity contribution is 6.32. The fourth-order valence-electron chi connectivity index (χ4n) is 1.85. The van der Waals surface area contributed by atoms with Crippen LogP contribution >= 0.6 is 11.6 Å². The van der Waals surface area contributed by atoms with Crippen LogP contribution in [0.3, 0.4) is 0 Å². The second-order valence-corrected chi connectivity index (χ2v) is 5.70. The first-order chi connectivity index (χ1) is 10.1. The minimum atomic E-state index is 0.449. The van der Waals surface area contributed by atoms with Crippen molar-refractivity contribution in [1.82, 2.24) is 0 Å². The Balaban J connectivity index is 2.50. The Morgan fingerprint density at radius 2 is 1.95 bits per heavy atom. The number of rotatable bonds is 10. The smallest absolute Gasteiger partial charge is 0.179 e. The molecule has 0 spiro atoms. The van der Waals surface area contributed by atoms with E-state index in [2.05, 4.69) is 13.8 Å². The Morgan fingerprint density at radius 3 is 2.57 bits per heavy atom. The number of ether oxygens (including phenoxy) is 3. The lowest BCUT2D eigenvalue weighted by atomic mass is 10.1. The van der Waals surface area contributed by atoms with Crippen LogP contribution in [0.2, 0.25) is 5.02 Å². The Bertz CT molecular complexity index is 424. The molecule has 1 aromatic rings. The maximum absolute atomic E-state index is 6.24. The topological polar surface area (TPSA) is 53.7 Å². The average Bonchev–Trinajstić information content (AvgIpc) is 2.44. The predicted octanol–water partition coefficient (Wildman–Crippen LogP) is 3.29. The Kier molecular flexibility index (Phi) is 8.50. The van der Waals surface area contributed by atoms with E-state index in [1.165, 1.54) is 0 Å². The van der Waals surface area contributed by atoms with Crippen LogP contribution in [0.25, 0.3) is 0 Å². The Labute approximate surface area is 132 Å². The normalized spacial score (nSPS) is 11.0. The summed E-state index contributed by atoms with van der Waals surface area (Å²) in [7, 11) is 1.60. The van der Waals surface area contributed by atoms with Crippen LogP contribution in [0.4, 0.5) is 0 Å². The predicted molar refractivity (Wildman–Crippen MR) is 86.5 cm³/mol. The molecule has 0 aliphatic carbocycles. The van der Waals surface area contributed by atoms with Gasteiger partial charge in [-0.25, -0.2) is 0 Å². The summed E-state index contributed by atoms with van der Waals surface area (Å²) >= 11 is 6.24. The van der Waals surface area contributed by atoms with E-state index in [1.54, 1.807) is 7.11 Å². The fourth-order valence-corrected chi connectivity index (χ4v) is 2.14. The van der Waals surface area contributed by atoms with Crippen molar-refractivity contribution in [3.05, 3.63) is 22.7 Å². The van der Waals surface area contributed by atoms with Crippen LogP contribution in [0.15, 0.2) is 12.1 Å². The molecule has 0 saturated carbocycles. The molecule has 120 valence electrons. The van der Waals surface area contributed by atoms with E-state index in [0.717, 1.165) is 25.0 Å². The summed E-state index contributed by atoms with van der Waals surface area (Å²) in [5.74, 6) is 1.84. The highest BCUT2D eigenvalue weighted by atomic mass is 35.5. The van der Waals surface area contributed by atoms with Gasteiger partial charge in [-0.05, 0) is 43.0 Å². The molecule has 4 nitrogen and oxygen atoms in total. The first kappa shape index (κ1) is 18.1. The van der Waals surface area contributed by atoms with Gasteiger partial charge in [-0.15, -0.1) is 0 Å². The number of halogens is 1. The quantitative estimate of drug-likeness (QED) is 0.673. The van der Waals surface area contributed by atoms with Gasteiger partial charge < -0.3 is 19.9 Å². The summed E-state index contributed by atoms with van der Waals surface area (Å²) in [6, 6.07) is 3.78. The van der Waals surface area contributed by atoms with Gasteiger partial charge in [0.2, 0.25) is 0 Å². The molecule has 0 atom stereocenters. The lowest BCUT2D eigenvalue weighted by Gasteiger charge is -2.14. The summed E-state index contributed by atoms with van der Waals surface area (Å²) < 4.78 is 16.5.